The smallest absolute Gasteiger partial charge is 0.228 e. The summed E-state index contributed by atoms with van der Waals surface area (Å²) < 4.78 is 5.62. The number of H-pyrrole nitrogens is 1. The van der Waals surface area contributed by atoms with Gasteiger partial charge in [-0.1, -0.05) is 0 Å². The number of piperidine rings is 1. The minimum absolute atomic E-state index is 0.0592. The third kappa shape index (κ3) is 2.73. The monoisotopic (exact) mass is 277 g/mol. The van der Waals surface area contributed by atoms with Crippen LogP contribution in [0.4, 0.5) is 0 Å². The van der Waals surface area contributed by atoms with Crippen LogP contribution in [0.3, 0.4) is 0 Å². The first-order valence-corrected chi connectivity index (χ1v) is 7.65. The molecule has 1 aromatic heterocycles. The van der Waals surface area contributed by atoms with Gasteiger partial charge in [-0.05, 0) is 32.6 Å². The summed E-state index contributed by atoms with van der Waals surface area (Å²) in [6.07, 6.45) is 7.71. The zero-order valence-corrected chi connectivity index (χ0v) is 12.0. The van der Waals surface area contributed by atoms with Crippen LogP contribution in [-0.2, 0) is 9.53 Å². The number of rotatable bonds is 2. The van der Waals surface area contributed by atoms with Gasteiger partial charge in [-0.2, -0.15) is 0 Å². The summed E-state index contributed by atoms with van der Waals surface area (Å²) in [4.78, 5) is 22.1. The van der Waals surface area contributed by atoms with Crippen LogP contribution in [-0.4, -0.2) is 46.6 Å². The van der Waals surface area contributed by atoms with Gasteiger partial charge in [0.25, 0.3) is 0 Å². The van der Waals surface area contributed by atoms with Crippen LogP contribution < -0.4 is 0 Å². The van der Waals surface area contributed by atoms with Gasteiger partial charge in [0.05, 0.1) is 12.0 Å². The molecule has 20 heavy (non-hydrogen) atoms. The highest BCUT2D eigenvalue weighted by Gasteiger charge is 2.34. The molecule has 0 unspecified atom stereocenters. The Morgan fingerprint density at radius 2 is 2.20 bits per heavy atom. The highest BCUT2D eigenvalue weighted by molar-refractivity contribution is 5.79. The molecule has 0 spiro atoms. The summed E-state index contributed by atoms with van der Waals surface area (Å²) >= 11 is 0. The largest absolute Gasteiger partial charge is 0.378 e. The molecule has 0 saturated carbocycles. The summed E-state index contributed by atoms with van der Waals surface area (Å²) in [5.74, 6) is 1.87. The van der Waals surface area contributed by atoms with Crippen molar-refractivity contribution in [1.82, 2.24) is 14.9 Å². The number of hydrogen-bond donors (Lipinski definition) is 1. The number of aromatic nitrogens is 2. The Hall–Kier alpha value is -1.36. The topological polar surface area (TPSA) is 58.2 Å². The second-order valence-corrected chi connectivity index (χ2v) is 5.90. The standard InChI is InChI=1S/C15H23N3O2/c1-11-13(3-2-10-20-11)15(19)18-8-4-12(5-9-18)14-16-6-7-17-14/h6-7,11-13H,2-5,8-10H2,1H3,(H,16,17)/t11-,13-/m0/s1. The van der Waals surface area contributed by atoms with Crippen LogP contribution in [0.15, 0.2) is 12.4 Å². The van der Waals surface area contributed by atoms with Crippen molar-refractivity contribution in [3.05, 3.63) is 18.2 Å². The van der Waals surface area contributed by atoms with E-state index in [4.69, 9.17) is 4.74 Å². The number of amides is 1. The second-order valence-electron chi connectivity index (χ2n) is 5.90. The predicted octanol–water partition coefficient (Wildman–Crippen LogP) is 1.93. The number of carbonyl (C=O) groups excluding carboxylic acids is 1. The van der Waals surface area contributed by atoms with E-state index in [-0.39, 0.29) is 17.9 Å². The van der Waals surface area contributed by atoms with Gasteiger partial charge < -0.3 is 14.6 Å². The Labute approximate surface area is 119 Å². The molecule has 5 heteroatoms. The number of carbonyl (C=O) groups is 1. The number of aromatic amines is 1. The maximum atomic E-state index is 12.6. The third-order valence-electron chi connectivity index (χ3n) is 4.64. The normalized spacial score (nSPS) is 28.6. The molecule has 3 heterocycles. The number of nitrogens with one attached hydrogen (secondary N) is 1. The van der Waals surface area contributed by atoms with Crippen molar-refractivity contribution < 1.29 is 9.53 Å². The molecule has 0 bridgehead atoms. The van der Waals surface area contributed by atoms with Crippen LogP contribution in [0.5, 0.6) is 0 Å². The number of likely N-dealkylation sites (tertiary alicyclic amines) is 1. The lowest BCUT2D eigenvalue weighted by Gasteiger charge is -2.36. The number of nitrogens with zero attached hydrogens (tertiary/aromatic N) is 2. The Morgan fingerprint density at radius 1 is 1.40 bits per heavy atom. The third-order valence-corrected chi connectivity index (χ3v) is 4.64. The van der Waals surface area contributed by atoms with Gasteiger partial charge in [-0.25, -0.2) is 4.98 Å². The van der Waals surface area contributed by atoms with Gasteiger partial charge in [0, 0.05) is 38.0 Å². The van der Waals surface area contributed by atoms with E-state index in [1.807, 2.05) is 18.0 Å². The van der Waals surface area contributed by atoms with E-state index in [0.717, 1.165) is 51.2 Å². The Balaban J connectivity index is 1.56. The summed E-state index contributed by atoms with van der Waals surface area (Å²) in [7, 11) is 0. The summed E-state index contributed by atoms with van der Waals surface area (Å²) in [5.41, 5.74) is 0. The maximum absolute atomic E-state index is 12.6. The molecule has 2 aliphatic heterocycles. The predicted molar refractivity (Wildman–Crippen MR) is 75.3 cm³/mol. The van der Waals surface area contributed by atoms with E-state index >= 15 is 0 Å². The molecule has 1 aromatic rings. The lowest BCUT2D eigenvalue weighted by Crippen LogP contribution is -2.46. The van der Waals surface area contributed by atoms with Gasteiger partial charge in [0.2, 0.25) is 5.91 Å². The average molecular weight is 277 g/mol. The van der Waals surface area contributed by atoms with E-state index < -0.39 is 0 Å². The van der Waals surface area contributed by atoms with Crippen molar-refractivity contribution in [3.8, 4) is 0 Å². The molecule has 2 fully saturated rings. The van der Waals surface area contributed by atoms with Crippen LogP contribution in [0.25, 0.3) is 0 Å². The minimum atomic E-state index is 0.0592. The molecule has 0 radical (unpaired) electrons. The van der Waals surface area contributed by atoms with Crippen molar-refractivity contribution in [2.24, 2.45) is 5.92 Å². The summed E-state index contributed by atoms with van der Waals surface area (Å²) in [6.45, 7) is 4.50. The Kier molecular flexibility index (Phi) is 4.05. The first-order chi connectivity index (χ1) is 9.75. The summed E-state index contributed by atoms with van der Waals surface area (Å²) in [5, 5.41) is 0. The zero-order chi connectivity index (χ0) is 13.9. The molecular weight excluding hydrogens is 254 g/mol. The fourth-order valence-electron chi connectivity index (χ4n) is 3.36. The quantitative estimate of drug-likeness (QED) is 0.898. The molecule has 2 atom stereocenters. The Morgan fingerprint density at radius 3 is 2.85 bits per heavy atom. The first kappa shape index (κ1) is 13.6. The van der Waals surface area contributed by atoms with E-state index in [2.05, 4.69) is 9.97 Å². The molecule has 2 saturated heterocycles. The van der Waals surface area contributed by atoms with Crippen molar-refractivity contribution in [1.29, 1.82) is 0 Å². The van der Waals surface area contributed by atoms with E-state index in [0.29, 0.717) is 5.92 Å². The number of hydrogen-bond acceptors (Lipinski definition) is 3. The average Bonchev–Trinajstić information content (AvgIpc) is 3.01. The van der Waals surface area contributed by atoms with Gasteiger partial charge in [-0.3, -0.25) is 4.79 Å². The van der Waals surface area contributed by atoms with Gasteiger partial charge in [-0.15, -0.1) is 0 Å². The van der Waals surface area contributed by atoms with Crippen LogP contribution in [0.2, 0.25) is 0 Å². The number of imidazole rings is 1. The lowest BCUT2D eigenvalue weighted by molar-refractivity contribution is -0.145. The van der Waals surface area contributed by atoms with Gasteiger partial charge >= 0.3 is 0 Å². The van der Waals surface area contributed by atoms with Crippen molar-refractivity contribution in [3.63, 3.8) is 0 Å². The highest BCUT2D eigenvalue weighted by atomic mass is 16.5. The molecule has 0 aromatic carbocycles. The number of ether oxygens (including phenoxy) is 1. The first-order valence-electron chi connectivity index (χ1n) is 7.65. The lowest BCUT2D eigenvalue weighted by atomic mass is 9.91. The van der Waals surface area contributed by atoms with Gasteiger partial charge in [0.1, 0.15) is 5.82 Å². The molecule has 1 amide bonds. The molecule has 3 rings (SSSR count). The zero-order valence-electron chi connectivity index (χ0n) is 12.0. The molecule has 5 nitrogen and oxygen atoms in total. The SMILES string of the molecule is C[C@@H]1OCCC[C@@H]1C(=O)N1CCC(c2ncc[nH]2)CC1. The molecular formula is C15H23N3O2. The molecule has 1 N–H and O–H groups in total. The minimum Gasteiger partial charge on any atom is -0.378 e. The fourth-order valence-corrected chi connectivity index (χ4v) is 3.36. The van der Waals surface area contributed by atoms with Crippen LogP contribution in [0.1, 0.15) is 44.3 Å². The Bertz CT molecular complexity index is 438. The van der Waals surface area contributed by atoms with Crippen molar-refractivity contribution >= 4 is 5.91 Å². The molecule has 110 valence electrons. The highest BCUT2D eigenvalue weighted by Crippen LogP contribution is 2.28. The van der Waals surface area contributed by atoms with E-state index in [1.54, 1.807) is 6.20 Å². The van der Waals surface area contributed by atoms with E-state index in [1.165, 1.54) is 0 Å². The van der Waals surface area contributed by atoms with Crippen LogP contribution in [0, 0.1) is 5.92 Å². The summed E-state index contributed by atoms with van der Waals surface area (Å²) in [6, 6.07) is 0. The van der Waals surface area contributed by atoms with Gasteiger partial charge in [0.15, 0.2) is 0 Å². The fraction of sp³-hybridized carbons (Fsp3) is 0.733. The maximum Gasteiger partial charge on any atom is 0.228 e. The molecule has 0 aliphatic carbocycles. The van der Waals surface area contributed by atoms with E-state index in [9.17, 15) is 4.79 Å². The van der Waals surface area contributed by atoms with Crippen molar-refractivity contribution in [2.45, 2.75) is 44.6 Å². The molecule has 2 aliphatic rings. The van der Waals surface area contributed by atoms with Crippen LogP contribution >= 0.6 is 0 Å². The second kappa shape index (κ2) is 5.95. The van der Waals surface area contributed by atoms with Crippen molar-refractivity contribution in [2.75, 3.05) is 19.7 Å².